The number of rotatable bonds is 4. The maximum Gasteiger partial charge on any atom is 0.329 e. The number of carbonyl (C=O) groups is 1. The number of hydrogen-bond donors (Lipinski definition) is 1. The number of anilines is 1. The standard InChI is InChI=1S/C12H19N3O2/c1-5-9(10(16)17-12(2,3)4)15-11-13-7-6-8-14-11/h6-9H,5H2,1-4H3,(H,13,14,15)/t9-/m1/s1. The average molecular weight is 237 g/mol. The molecule has 0 fully saturated rings. The molecule has 0 saturated heterocycles. The van der Waals surface area contributed by atoms with E-state index in [0.29, 0.717) is 12.4 Å². The highest BCUT2D eigenvalue weighted by Crippen LogP contribution is 2.11. The van der Waals surface area contributed by atoms with Crippen molar-refractivity contribution in [2.24, 2.45) is 0 Å². The van der Waals surface area contributed by atoms with Gasteiger partial charge in [0, 0.05) is 12.4 Å². The first-order valence-electron chi connectivity index (χ1n) is 5.69. The van der Waals surface area contributed by atoms with Crippen molar-refractivity contribution in [1.29, 1.82) is 0 Å². The highest BCUT2D eigenvalue weighted by atomic mass is 16.6. The summed E-state index contributed by atoms with van der Waals surface area (Å²) in [6.45, 7) is 7.44. The molecule has 0 aromatic carbocycles. The molecule has 1 aromatic rings. The van der Waals surface area contributed by atoms with E-state index in [1.165, 1.54) is 0 Å². The van der Waals surface area contributed by atoms with E-state index in [1.807, 2.05) is 27.7 Å². The number of ether oxygens (including phenoxy) is 1. The van der Waals surface area contributed by atoms with Crippen molar-refractivity contribution >= 4 is 11.9 Å². The minimum atomic E-state index is -0.482. The van der Waals surface area contributed by atoms with Crippen LogP contribution in [0.4, 0.5) is 5.95 Å². The van der Waals surface area contributed by atoms with Crippen molar-refractivity contribution in [3.63, 3.8) is 0 Å². The van der Waals surface area contributed by atoms with Gasteiger partial charge >= 0.3 is 5.97 Å². The molecule has 0 aliphatic heterocycles. The minimum Gasteiger partial charge on any atom is -0.458 e. The predicted octanol–water partition coefficient (Wildman–Crippen LogP) is 2.01. The van der Waals surface area contributed by atoms with Gasteiger partial charge in [0.05, 0.1) is 0 Å². The van der Waals surface area contributed by atoms with Crippen molar-refractivity contribution in [2.45, 2.75) is 45.8 Å². The molecule has 5 nitrogen and oxygen atoms in total. The monoisotopic (exact) mass is 237 g/mol. The zero-order chi connectivity index (χ0) is 12.9. The normalized spacial score (nSPS) is 12.9. The molecule has 1 aromatic heterocycles. The van der Waals surface area contributed by atoms with Gasteiger partial charge in [0.1, 0.15) is 11.6 Å². The lowest BCUT2D eigenvalue weighted by Gasteiger charge is -2.23. The lowest BCUT2D eigenvalue weighted by molar-refractivity contribution is -0.155. The number of aromatic nitrogens is 2. The third-order valence-corrected chi connectivity index (χ3v) is 1.97. The summed E-state index contributed by atoms with van der Waals surface area (Å²) in [6, 6.07) is 1.30. The highest BCUT2D eigenvalue weighted by Gasteiger charge is 2.24. The maximum absolute atomic E-state index is 11.9. The Bertz CT molecular complexity index is 360. The lowest BCUT2D eigenvalue weighted by atomic mass is 10.1. The van der Waals surface area contributed by atoms with E-state index in [0.717, 1.165) is 0 Å². The van der Waals surface area contributed by atoms with E-state index < -0.39 is 11.6 Å². The molecule has 0 spiro atoms. The summed E-state index contributed by atoms with van der Waals surface area (Å²) in [5.74, 6) is 0.151. The number of hydrogen-bond acceptors (Lipinski definition) is 5. The molecule has 1 rings (SSSR count). The number of nitrogens with one attached hydrogen (secondary N) is 1. The molecule has 0 unspecified atom stereocenters. The van der Waals surface area contributed by atoms with Crippen LogP contribution in [-0.4, -0.2) is 27.6 Å². The van der Waals surface area contributed by atoms with Gasteiger partial charge in [-0.2, -0.15) is 0 Å². The quantitative estimate of drug-likeness (QED) is 0.811. The van der Waals surface area contributed by atoms with E-state index in [2.05, 4.69) is 15.3 Å². The molecule has 1 atom stereocenters. The molecular formula is C12H19N3O2. The summed E-state index contributed by atoms with van der Waals surface area (Å²) >= 11 is 0. The predicted molar refractivity (Wildman–Crippen MR) is 65.6 cm³/mol. The van der Waals surface area contributed by atoms with Crippen LogP contribution in [0, 0.1) is 0 Å². The Morgan fingerprint density at radius 2 is 2.00 bits per heavy atom. The Morgan fingerprint density at radius 1 is 1.41 bits per heavy atom. The van der Waals surface area contributed by atoms with Gasteiger partial charge in [-0.3, -0.25) is 0 Å². The van der Waals surface area contributed by atoms with Crippen LogP contribution in [0.5, 0.6) is 0 Å². The summed E-state index contributed by atoms with van der Waals surface area (Å²) in [5.41, 5.74) is -0.482. The molecule has 0 aliphatic carbocycles. The number of esters is 1. The Labute approximate surface area is 102 Å². The second kappa shape index (κ2) is 5.61. The van der Waals surface area contributed by atoms with Crippen LogP contribution in [0.1, 0.15) is 34.1 Å². The SMILES string of the molecule is CC[C@@H](Nc1ncccn1)C(=O)OC(C)(C)C. The molecular weight excluding hydrogens is 218 g/mol. The van der Waals surface area contributed by atoms with Crippen molar-refractivity contribution in [1.82, 2.24) is 9.97 Å². The van der Waals surface area contributed by atoms with E-state index in [4.69, 9.17) is 4.74 Å². The van der Waals surface area contributed by atoms with E-state index in [9.17, 15) is 4.79 Å². The van der Waals surface area contributed by atoms with Gasteiger partial charge < -0.3 is 10.1 Å². The van der Waals surface area contributed by atoms with Crippen molar-refractivity contribution in [2.75, 3.05) is 5.32 Å². The van der Waals surface area contributed by atoms with Crippen molar-refractivity contribution in [3.8, 4) is 0 Å². The van der Waals surface area contributed by atoms with Crippen molar-refractivity contribution in [3.05, 3.63) is 18.5 Å². The minimum absolute atomic E-state index is 0.285. The van der Waals surface area contributed by atoms with Gasteiger partial charge in [-0.15, -0.1) is 0 Å². The van der Waals surface area contributed by atoms with Gasteiger partial charge in [0.25, 0.3) is 0 Å². The maximum atomic E-state index is 11.9. The molecule has 17 heavy (non-hydrogen) atoms. The summed E-state index contributed by atoms with van der Waals surface area (Å²) in [4.78, 5) is 19.9. The first kappa shape index (κ1) is 13.4. The van der Waals surface area contributed by atoms with Crippen molar-refractivity contribution < 1.29 is 9.53 Å². The van der Waals surface area contributed by atoms with Gasteiger partial charge in [-0.05, 0) is 33.3 Å². The molecule has 94 valence electrons. The molecule has 0 bridgehead atoms. The zero-order valence-electron chi connectivity index (χ0n) is 10.7. The summed E-state index contributed by atoms with van der Waals surface area (Å²) < 4.78 is 5.31. The topological polar surface area (TPSA) is 64.1 Å². The van der Waals surface area contributed by atoms with Crippen LogP contribution in [0.25, 0.3) is 0 Å². The molecule has 0 aliphatic rings. The fourth-order valence-electron chi connectivity index (χ4n) is 1.23. The Hall–Kier alpha value is -1.65. The van der Waals surface area contributed by atoms with Crippen LogP contribution in [-0.2, 0) is 9.53 Å². The number of carbonyl (C=O) groups excluding carboxylic acids is 1. The Morgan fingerprint density at radius 3 is 2.47 bits per heavy atom. The first-order chi connectivity index (χ1) is 7.92. The van der Waals surface area contributed by atoms with E-state index in [1.54, 1.807) is 18.5 Å². The number of nitrogens with zero attached hydrogens (tertiary/aromatic N) is 2. The van der Waals surface area contributed by atoms with Crippen LogP contribution in [0.3, 0.4) is 0 Å². The third-order valence-electron chi connectivity index (χ3n) is 1.97. The zero-order valence-corrected chi connectivity index (χ0v) is 10.7. The van der Waals surface area contributed by atoms with E-state index >= 15 is 0 Å². The molecule has 1 heterocycles. The molecule has 0 radical (unpaired) electrons. The highest BCUT2D eigenvalue weighted by molar-refractivity contribution is 5.78. The van der Waals surface area contributed by atoms with Crippen LogP contribution >= 0.6 is 0 Å². The van der Waals surface area contributed by atoms with Crippen LogP contribution in [0.2, 0.25) is 0 Å². The molecule has 0 amide bonds. The molecule has 5 heteroatoms. The Balaban J connectivity index is 2.63. The van der Waals surface area contributed by atoms with Gasteiger partial charge in [0.2, 0.25) is 5.95 Å². The molecule has 0 saturated carbocycles. The lowest BCUT2D eigenvalue weighted by Crippen LogP contribution is -2.36. The fraction of sp³-hybridized carbons (Fsp3) is 0.583. The Kier molecular flexibility index (Phi) is 4.43. The van der Waals surface area contributed by atoms with Crippen LogP contribution < -0.4 is 5.32 Å². The van der Waals surface area contributed by atoms with Crippen LogP contribution in [0.15, 0.2) is 18.5 Å². The first-order valence-corrected chi connectivity index (χ1v) is 5.69. The van der Waals surface area contributed by atoms with Gasteiger partial charge in [-0.1, -0.05) is 6.92 Å². The average Bonchev–Trinajstić information content (AvgIpc) is 2.24. The fourth-order valence-corrected chi connectivity index (χ4v) is 1.23. The second-order valence-electron chi connectivity index (χ2n) is 4.71. The van der Waals surface area contributed by atoms with E-state index in [-0.39, 0.29) is 5.97 Å². The molecule has 1 N–H and O–H groups in total. The summed E-state index contributed by atoms with van der Waals surface area (Å²) in [5, 5.41) is 2.95. The third kappa shape index (κ3) is 4.80. The summed E-state index contributed by atoms with van der Waals surface area (Å²) in [6.07, 6.45) is 3.86. The second-order valence-corrected chi connectivity index (χ2v) is 4.71. The smallest absolute Gasteiger partial charge is 0.329 e. The van der Waals surface area contributed by atoms with Gasteiger partial charge in [-0.25, -0.2) is 14.8 Å². The largest absolute Gasteiger partial charge is 0.458 e. The van der Waals surface area contributed by atoms with Gasteiger partial charge in [0.15, 0.2) is 0 Å². The summed E-state index contributed by atoms with van der Waals surface area (Å²) in [7, 11) is 0.